The first kappa shape index (κ1) is 19.4. The van der Waals surface area contributed by atoms with E-state index in [2.05, 4.69) is 9.97 Å². The highest BCUT2D eigenvalue weighted by Crippen LogP contribution is 2.44. The Morgan fingerprint density at radius 1 is 1.20 bits per heavy atom. The van der Waals surface area contributed by atoms with Crippen molar-refractivity contribution in [1.82, 2.24) is 14.9 Å². The Kier molecular flexibility index (Phi) is 4.74. The molecule has 2 aromatic carbocycles. The first-order valence-corrected chi connectivity index (χ1v) is 11.2. The van der Waals surface area contributed by atoms with Crippen LogP contribution in [0.15, 0.2) is 52.9 Å². The van der Waals surface area contributed by atoms with E-state index in [1.54, 1.807) is 12.1 Å². The van der Waals surface area contributed by atoms with Gasteiger partial charge < -0.3 is 9.88 Å². The van der Waals surface area contributed by atoms with Crippen molar-refractivity contribution in [2.75, 3.05) is 12.3 Å². The van der Waals surface area contributed by atoms with Crippen LogP contribution in [-0.4, -0.2) is 39.2 Å². The Morgan fingerprint density at radius 3 is 2.77 bits per heavy atom. The number of benzene rings is 2. The number of halogens is 3. The molecule has 4 nitrogen and oxygen atoms in total. The lowest BCUT2D eigenvalue weighted by Gasteiger charge is -2.36. The van der Waals surface area contributed by atoms with Gasteiger partial charge in [0.15, 0.2) is 10.4 Å². The van der Waals surface area contributed by atoms with Crippen LogP contribution in [0.4, 0.5) is 13.2 Å². The highest BCUT2D eigenvalue weighted by Gasteiger charge is 2.50. The monoisotopic (exact) mass is 447 g/mol. The highest BCUT2D eigenvalue weighted by molar-refractivity contribution is 8.01. The fraction of sp³-hybridized carbons (Fsp3) is 0.238. The lowest BCUT2D eigenvalue weighted by molar-refractivity contribution is -0.193. The third-order valence-corrected chi connectivity index (χ3v) is 7.42. The van der Waals surface area contributed by atoms with Gasteiger partial charge in [0, 0.05) is 17.4 Å². The number of nitrogens with one attached hydrogen (secondary N) is 1. The number of H-pyrrole nitrogens is 1. The number of alkyl halides is 3. The van der Waals surface area contributed by atoms with Crippen molar-refractivity contribution in [1.29, 1.82) is 0 Å². The topological polar surface area (TPSA) is 49.0 Å². The molecule has 1 aliphatic heterocycles. The maximum Gasteiger partial charge on any atom is 0.414 e. The summed E-state index contributed by atoms with van der Waals surface area (Å²) < 4.78 is 43.8. The molecule has 0 aliphatic carbocycles. The van der Waals surface area contributed by atoms with Crippen LogP contribution < -0.4 is 0 Å². The van der Waals surface area contributed by atoms with Gasteiger partial charge in [0.1, 0.15) is 0 Å². The molecule has 1 aliphatic rings. The number of aromatic nitrogens is 2. The molecule has 154 valence electrons. The lowest BCUT2D eigenvalue weighted by Crippen LogP contribution is -2.47. The average molecular weight is 448 g/mol. The van der Waals surface area contributed by atoms with Crippen LogP contribution in [0.3, 0.4) is 0 Å². The van der Waals surface area contributed by atoms with E-state index >= 15 is 0 Å². The van der Waals surface area contributed by atoms with E-state index in [1.165, 1.54) is 23.1 Å². The molecule has 0 spiro atoms. The Bertz CT molecular complexity index is 1210. The number of amides is 1. The number of thiazole rings is 1. The SMILES string of the molecule is O=C(CSc1nc2ccccc2s1)N1CCc2c([nH]c3ccccc23)[C@@H]1C(F)(F)F. The van der Waals surface area contributed by atoms with E-state index in [1.807, 2.05) is 36.4 Å². The van der Waals surface area contributed by atoms with Crippen molar-refractivity contribution < 1.29 is 18.0 Å². The minimum atomic E-state index is -4.56. The van der Waals surface area contributed by atoms with E-state index < -0.39 is 18.1 Å². The predicted molar refractivity (Wildman–Crippen MR) is 113 cm³/mol. The van der Waals surface area contributed by atoms with Crippen LogP contribution in [-0.2, 0) is 11.2 Å². The number of hydrogen-bond acceptors (Lipinski definition) is 4. The number of para-hydroxylation sites is 2. The molecular weight excluding hydrogens is 431 g/mol. The Morgan fingerprint density at radius 2 is 1.97 bits per heavy atom. The molecule has 30 heavy (non-hydrogen) atoms. The second-order valence-electron chi connectivity index (χ2n) is 7.08. The summed E-state index contributed by atoms with van der Waals surface area (Å²) in [7, 11) is 0. The molecule has 0 fully saturated rings. The average Bonchev–Trinajstić information content (AvgIpc) is 3.31. The summed E-state index contributed by atoms with van der Waals surface area (Å²) in [6.07, 6.45) is -4.17. The van der Waals surface area contributed by atoms with Gasteiger partial charge >= 0.3 is 6.18 Å². The fourth-order valence-corrected chi connectivity index (χ4v) is 5.92. The van der Waals surface area contributed by atoms with Gasteiger partial charge in [-0.15, -0.1) is 11.3 Å². The van der Waals surface area contributed by atoms with Gasteiger partial charge in [-0.05, 0) is 30.2 Å². The van der Waals surface area contributed by atoms with Crippen LogP contribution in [0.2, 0.25) is 0 Å². The van der Waals surface area contributed by atoms with E-state index in [4.69, 9.17) is 0 Å². The summed E-state index contributed by atoms with van der Waals surface area (Å²) in [4.78, 5) is 21.2. The van der Waals surface area contributed by atoms with Crippen LogP contribution in [0, 0.1) is 0 Å². The molecule has 0 saturated heterocycles. The van der Waals surface area contributed by atoms with Gasteiger partial charge in [-0.2, -0.15) is 13.2 Å². The standard InChI is InChI=1S/C21H16F3N3OS2/c22-21(23,24)19-18-13(12-5-1-2-6-14(12)25-18)9-10-27(19)17(28)11-29-20-26-15-7-3-4-8-16(15)30-20/h1-8,19,25H,9-11H2/t19-/m1/s1. The van der Waals surface area contributed by atoms with Crippen LogP contribution in [0.5, 0.6) is 0 Å². The largest absolute Gasteiger partial charge is 0.414 e. The van der Waals surface area contributed by atoms with E-state index in [0.29, 0.717) is 21.8 Å². The minimum absolute atomic E-state index is 0.0399. The van der Waals surface area contributed by atoms with Gasteiger partial charge in [0.25, 0.3) is 0 Å². The zero-order valence-corrected chi connectivity index (χ0v) is 17.2. The normalized spacial score (nSPS) is 16.9. The minimum Gasteiger partial charge on any atom is -0.356 e. The van der Waals surface area contributed by atoms with E-state index in [0.717, 1.165) is 20.5 Å². The second kappa shape index (κ2) is 7.31. The molecule has 0 saturated carbocycles. The molecule has 2 aromatic heterocycles. The van der Waals surface area contributed by atoms with Crippen LogP contribution >= 0.6 is 23.1 Å². The van der Waals surface area contributed by atoms with E-state index in [-0.39, 0.29) is 18.0 Å². The van der Waals surface area contributed by atoms with E-state index in [9.17, 15) is 18.0 Å². The maximum atomic E-state index is 14.0. The van der Waals surface area contributed by atoms with Crippen molar-refractivity contribution >= 4 is 50.1 Å². The summed E-state index contributed by atoms with van der Waals surface area (Å²) in [5.41, 5.74) is 2.21. The summed E-state index contributed by atoms with van der Waals surface area (Å²) >= 11 is 2.62. The van der Waals surface area contributed by atoms with Gasteiger partial charge in [-0.3, -0.25) is 4.79 Å². The molecular formula is C21H16F3N3OS2. The zero-order chi connectivity index (χ0) is 20.9. The number of fused-ring (bicyclic) bond motifs is 4. The van der Waals surface area contributed by atoms with Gasteiger partial charge in [0.05, 0.1) is 21.7 Å². The lowest BCUT2D eigenvalue weighted by atomic mass is 9.97. The van der Waals surface area contributed by atoms with Crippen molar-refractivity contribution in [3.63, 3.8) is 0 Å². The highest BCUT2D eigenvalue weighted by atomic mass is 32.2. The van der Waals surface area contributed by atoms with Crippen molar-refractivity contribution in [2.45, 2.75) is 23.0 Å². The molecule has 0 bridgehead atoms. The van der Waals surface area contributed by atoms with Gasteiger partial charge in [0.2, 0.25) is 5.91 Å². The number of carbonyl (C=O) groups is 1. The maximum absolute atomic E-state index is 14.0. The first-order valence-electron chi connectivity index (χ1n) is 9.36. The summed E-state index contributed by atoms with van der Waals surface area (Å²) in [5, 5.41) is 0.790. The predicted octanol–water partition coefficient (Wildman–Crippen LogP) is 5.56. The number of rotatable bonds is 3. The smallest absolute Gasteiger partial charge is 0.356 e. The summed E-state index contributed by atoms with van der Waals surface area (Å²) in [6, 6.07) is 12.8. The second-order valence-corrected chi connectivity index (χ2v) is 9.33. The summed E-state index contributed by atoms with van der Waals surface area (Å²) in [5.74, 6) is -0.618. The number of nitrogens with zero attached hydrogens (tertiary/aromatic N) is 2. The Hall–Kier alpha value is -2.52. The number of carbonyl (C=O) groups excluding carboxylic acids is 1. The molecule has 4 aromatic rings. The molecule has 5 rings (SSSR count). The van der Waals surface area contributed by atoms with Crippen molar-refractivity contribution in [2.24, 2.45) is 0 Å². The molecule has 1 amide bonds. The molecule has 0 radical (unpaired) electrons. The number of aromatic amines is 1. The molecule has 0 unspecified atom stereocenters. The van der Waals surface area contributed by atoms with Crippen LogP contribution in [0.25, 0.3) is 21.1 Å². The van der Waals surface area contributed by atoms with Crippen molar-refractivity contribution in [3.05, 3.63) is 59.8 Å². The number of thioether (sulfide) groups is 1. The Balaban J connectivity index is 1.41. The molecule has 1 N–H and O–H groups in total. The number of hydrogen-bond donors (Lipinski definition) is 1. The summed E-state index contributed by atoms with van der Waals surface area (Å²) in [6.45, 7) is 0.0399. The fourth-order valence-electron chi connectivity index (χ4n) is 3.97. The van der Waals surface area contributed by atoms with Gasteiger partial charge in [-0.1, -0.05) is 42.1 Å². The zero-order valence-electron chi connectivity index (χ0n) is 15.6. The third kappa shape index (κ3) is 3.35. The van der Waals surface area contributed by atoms with Crippen LogP contribution in [0.1, 0.15) is 17.3 Å². The first-order chi connectivity index (χ1) is 14.4. The molecule has 9 heteroatoms. The Labute approximate surface area is 178 Å². The quantitative estimate of drug-likeness (QED) is 0.419. The molecule has 1 atom stereocenters. The van der Waals surface area contributed by atoms with Gasteiger partial charge in [-0.25, -0.2) is 4.98 Å². The van der Waals surface area contributed by atoms with Crippen molar-refractivity contribution in [3.8, 4) is 0 Å². The molecule has 3 heterocycles. The third-order valence-electron chi connectivity index (χ3n) is 5.26.